The van der Waals surface area contributed by atoms with Crippen LogP contribution in [0.25, 0.3) is 11.2 Å². The molecule has 6 rings (SSSR count). The number of benzene rings is 1. The number of pyridine rings is 1. The first-order valence-electron chi connectivity index (χ1n) is 14.6. The fourth-order valence-corrected chi connectivity index (χ4v) is 6.94. The Morgan fingerprint density at radius 3 is 2.67 bits per heavy atom. The van der Waals surface area contributed by atoms with Gasteiger partial charge in [-0.2, -0.15) is 13.2 Å². The minimum Gasteiger partial charge on any atom is -0.384 e. The first-order valence-corrected chi connectivity index (χ1v) is 14.6. The number of likely N-dealkylation sites (tertiary alicyclic amines) is 1. The second-order valence-electron chi connectivity index (χ2n) is 12.2. The fourth-order valence-electron chi connectivity index (χ4n) is 6.94. The molecule has 0 bridgehead atoms. The first kappa shape index (κ1) is 28.7. The summed E-state index contributed by atoms with van der Waals surface area (Å²) in [5.41, 5.74) is 0.465. The second-order valence-corrected chi connectivity index (χ2v) is 12.2. The summed E-state index contributed by atoms with van der Waals surface area (Å²) in [5, 5.41) is 8.50. The molecule has 1 aliphatic carbocycles. The monoisotopic (exact) mass is 582 g/mol. The van der Waals surface area contributed by atoms with Gasteiger partial charge in [0.15, 0.2) is 0 Å². The number of alkyl halides is 3. The van der Waals surface area contributed by atoms with Gasteiger partial charge in [-0.3, -0.25) is 13.9 Å². The Hall–Kier alpha value is -3.44. The number of hydrogen-bond acceptors (Lipinski definition) is 5. The molecule has 2 aliphatic rings. The lowest BCUT2D eigenvalue weighted by Crippen LogP contribution is -2.34. The maximum atomic E-state index is 14.3. The van der Waals surface area contributed by atoms with Gasteiger partial charge in [-0.15, -0.1) is 10.2 Å². The fraction of sp³-hybridized carbons (Fsp3) is 0.516. The Kier molecular flexibility index (Phi) is 7.74. The molecule has 1 saturated heterocycles. The van der Waals surface area contributed by atoms with Gasteiger partial charge in [-0.1, -0.05) is 19.1 Å². The number of piperidine rings is 1. The lowest BCUT2D eigenvalue weighted by Gasteiger charge is -2.40. The van der Waals surface area contributed by atoms with Crippen LogP contribution in [0.15, 0.2) is 53.8 Å². The molecule has 4 aromatic rings. The number of rotatable bonds is 8. The summed E-state index contributed by atoms with van der Waals surface area (Å²) in [7, 11) is 3.61. The largest absolute Gasteiger partial charge is 0.418 e. The molecule has 2 fully saturated rings. The third kappa shape index (κ3) is 5.51. The van der Waals surface area contributed by atoms with Crippen molar-refractivity contribution in [2.24, 2.45) is 24.8 Å². The van der Waals surface area contributed by atoms with Gasteiger partial charge in [0.1, 0.15) is 12.2 Å². The van der Waals surface area contributed by atoms with Crippen molar-refractivity contribution in [2.45, 2.75) is 51.2 Å². The average Bonchev–Trinajstić information content (AvgIpc) is 3.49. The van der Waals surface area contributed by atoms with Crippen LogP contribution in [0.3, 0.4) is 0 Å². The van der Waals surface area contributed by atoms with Gasteiger partial charge in [0.05, 0.1) is 16.8 Å². The van der Waals surface area contributed by atoms with Crippen molar-refractivity contribution in [3.05, 3.63) is 82.1 Å². The number of imidazole rings is 1. The van der Waals surface area contributed by atoms with Crippen LogP contribution in [-0.4, -0.2) is 55.4 Å². The first-order chi connectivity index (χ1) is 20.1. The van der Waals surface area contributed by atoms with Crippen molar-refractivity contribution >= 4 is 5.52 Å². The number of ether oxygens (including phenoxy) is 1. The second kappa shape index (κ2) is 11.3. The van der Waals surface area contributed by atoms with Crippen molar-refractivity contribution in [3.63, 3.8) is 0 Å². The van der Waals surface area contributed by atoms with E-state index >= 15 is 0 Å². The quantitative estimate of drug-likeness (QED) is 0.283. The highest BCUT2D eigenvalue weighted by Gasteiger charge is 2.39. The summed E-state index contributed by atoms with van der Waals surface area (Å²) in [6.07, 6.45) is 4.03. The van der Waals surface area contributed by atoms with Crippen molar-refractivity contribution in [1.29, 1.82) is 0 Å². The molecule has 0 amide bonds. The van der Waals surface area contributed by atoms with E-state index in [2.05, 4.69) is 22.0 Å². The number of aryl methyl sites for hydroxylation is 1. The summed E-state index contributed by atoms with van der Waals surface area (Å²) in [4.78, 5) is 15.9. The number of nitrogens with zero attached hydrogens (tertiary/aromatic N) is 6. The van der Waals surface area contributed by atoms with Crippen molar-refractivity contribution in [2.75, 3.05) is 26.8 Å². The zero-order valence-corrected chi connectivity index (χ0v) is 24.2. The van der Waals surface area contributed by atoms with Crippen LogP contribution in [0.1, 0.15) is 61.0 Å². The maximum Gasteiger partial charge on any atom is 0.418 e. The highest BCUT2D eigenvalue weighted by molar-refractivity contribution is 5.58. The smallest absolute Gasteiger partial charge is 0.384 e. The standard InChI is InChI=1S/C31H37F3N6O2/c1-20-6-5-9-38(14-20)15-22-12-26(31(32,33)34)27-17-39(30(41)40(27)16-22)25-8-4-7-23(13-25)28(29-36-35-19-37(29)2)24-10-21(11-24)18-42-3/h4,7-8,12-13,16-17,19-21,24,28H,5-6,9-11,14-15,18H2,1-3H3/t20-,21?,24?,28?/m0/s1. The molecule has 0 N–H and O–H groups in total. The molecule has 8 nitrogen and oxygen atoms in total. The highest BCUT2D eigenvalue weighted by Crippen LogP contribution is 2.46. The van der Waals surface area contributed by atoms with Crippen LogP contribution >= 0.6 is 0 Å². The van der Waals surface area contributed by atoms with Crippen LogP contribution in [-0.2, 0) is 24.5 Å². The van der Waals surface area contributed by atoms with Crippen LogP contribution in [0.4, 0.5) is 13.2 Å². The van der Waals surface area contributed by atoms with Crippen molar-refractivity contribution < 1.29 is 17.9 Å². The van der Waals surface area contributed by atoms with E-state index in [0.29, 0.717) is 42.2 Å². The maximum absolute atomic E-state index is 14.3. The molecule has 42 heavy (non-hydrogen) atoms. The van der Waals surface area contributed by atoms with Gasteiger partial charge < -0.3 is 9.30 Å². The van der Waals surface area contributed by atoms with Gasteiger partial charge in [0.25, 0.3) is 0 Å². The zero-order chi connectivity index (χ0) is 29.6. The Bertz CT molecular complexity index is 1620. The van der Waals surface area contributed by atoms with Gasteiger partial charge in [-0.05, 0) is 79.3 Å². The van der Waals surface area contributed by atoms with E-state index < -0.39 is 17.4 Å². The van der Waals surface area contributed by atoms with Crippen LogP contribution in [0, 0.1) is 17.8 Å². The van der Waals surface area contributed by atoms with Gasteiger partial charge >= 0.3 is 11.9 Å². The Balaban J connectivity index is 1.39. The third-order valence-electron chi connectivity index (χ3n) is 8.95. The Morgan fingerprint density at radius 2 is 1.98 bits per heavy atom. The molecule has 2 atom stereocenters. The molecular formula is C31H37F3N6O2. The lowest BCUT2D eigenvalue weighted by atomic mass is 9.66. The number of aromatic nitrogens is 5. The number of methoxy groups -OCH3 is 1. The SMILES string of the molecule is COCC1CC(C(c2cccc(-n3cc4c(C(F)(F)F)cc(CN5CCC[C@H](C)C5)cn4c3=O)c2)c2nncn2C)C1. The molecule has 0 radical (unpaired) electrons. The molecule has 0 spiro atoms. The van der Waals surface area contributed by atoms with E-state index in [0.717, 1.165) is 54.6 Å². The molecule has 224 valence electrons. The predicted molar refractivity (Wildman–Crippen MR) is 153 cm³/mol. The molecule has 4 heterocycles. The van der Waals surface area contributed by atoms with Crippen molar-refractivity contribution in [3.8, 4) is 5.69 Å². The van der Waals surface area contributed by atoms with E-state index in [-0.39, 0.29) is 11.4 Å². The predicted octanol–water partition coefficient (Wildman–Crippen LogP) is 5.27. The van der Waals surface area contributed by atoms with E-state index in [1.165, 1.54) is 16.8 Å². The molecule has 1 unspecified atom stereocenters. The summed E-state index contributed by atoms with van der Waals surface area (Å²) in [6.45, 7) is 4.91. The summed E-state index contributed by atoms with van der Waals surface area (Å²) < 4.78 is 52.6. The molecule has 1 aromatic carbocycles. The summed E-state index contributed by atoms with van der Waals surface area (Å²) in [5.74, 6) is 2.03. The highest BCUT2D eigenvalue weighted by atomic mass is 19.4. The Labute approximate surface area is 242 Å². The minimum atomic E-state index is -4.60. The molecule has 11 heteroatoms. The van der Waals surface area contributed by atoms with Crippen molar-refractivity contribution in [1.82, 2.24) is 28.6 Å². The number of hydrogen-bond donors (Lipinski definition) is 0. The average molecular weight is 583 g/mol. The number of halogens is 3. The van der Waals surface area contributed by atoms with Gasteiger partial charge in [0, 0.05) is 52.2 Å². The third-order valence-corrected chi connectivity index (χ3v) is 8.95. The normalized spacial score (nSPS) is 22.4. The summed E-state index contributed by atoms with van der Waals surface area (Å²) >= 11 is 0. The molecule has 1 saturated carbocycles. The Morgan fingerprint density at radius 1 is 1.17 bits per heavy atom. The van der Waals surface area contributed by atoms with E-state index in [4.69, 9.17) is 4.74 Å². The molecule has 3 aromatic heterocycles. The topological polar surface area (TPSA) is 69.6 Å². The van der Waals surface area contributed by atoms with Crippen LogP contribution in [0.2, 0.25) is 0 Å². The lowest BCUT2D eigenvalue weighted by molar-refractivity contribution is -0.136. The minimum absolute atomic E-state index is 0.0671. The van der Waals surface area contributed by atoms with E-state index in [1.807, 2.05) is 29.8 Å². The van der Waals surface area contributed by atoms with E-state index in [1.54, 1.807) is 25.7 Å². The molecule has 1 aliphatic heterocycles. The number of fused-ring (bicyclic) bond motifs is 1. The van der Waals surface area contributed by atoms with E-state index in [9.17, 15) is 18.0 Å². The molecular weight excluding hydrogens is 545 g/mol. The zero-order valence-electron chi connectivity index (χ0n) is 24.2. The van der Waals surface area contributed by atoms with Crippen LogP contribution < -0.4 is 5.69 Å². The van der Waals surface area contributed by atoms with Crippen LogP contribution in [0.5, 0.6) is 0 Å². The van der Waals surface area contributed by atoms with Gasteiger partial charge in [0.2, 0.25) is 0 Å². The summed E-state index contributed by atoms with van der Waals surface area (Å²) in [6, 6.07) is 8.70. The van der Waals surface area contributed by atoms with Gasteiger partial charge in [-0.25, -0.2) is 4.79 Å².